The van der Waals surface area contributed by atoms with Gasteiger partial charge in [-0.25, -0.2) is 14.4 Å². The van der Waals surface area contributed by atoms with E-state index in [1.54, 1.807) is 18.3 Å². The molecule has 7 nitrogen and oxygen atoms in total. The van der Waals surface area contributed by atoms with Crippen LogP contribution in [-0.4, -0.2) is 32.5 Å². The quantitative estimate of drug-likeness (QED) is 0.403. The van der Waals surface area contributed by atoms with Gasteiger partial charge in [0, 0.05) is 12.7 Å². The van der Waals surface area contributed by atoms with Gasteiger partial charge in [0.15, 0.2) is 5.69 Å². The molecule has 3 N–H and O–H groups in total. The van der Waals surface area contributed by atoms with E-state index in [1.807, 2.05) is 30.5 Å². The number of carbonyl (C=O) groups is 1. The lowest BCUT2D eigenvalue weighted by molar-refractivity contribution is 0.0951. The van der Waals surface area contributed by atoms with Crippen LogP contribution in [0.15, 0.2) is 54.2 Å². The number of rotatable bonds is 7. The fraction of sp³-hybridized carbons (Fsp3) is 0.182. The Balaban J connectivity index is 1.49. The third-order valence-corrected chi connectivity index (χ3v) is 5.64. The molecule has 9 heteroatoms. The van der Waals surface area contributed by atoms with Crippen molar-refractivity contribution in [2.75, 3.05) is 11.9 Å². The summed E-state index contributed by atoms with van der Waals surface area (Å²) < 4.78 is 14.2. The highest BCUT2D eigenvalue weighted by Crippen LogP contribution is 2.25. The predicted octanol–water partition coefficient (Wildman–Crippen LogP) is 4.08. The molecule has 0 saturated carbocycles. The Morgan fingerprint density at radius 2 is 2.00 bits per heavy atom. The Morgan fingerprint density at radius 1 is 1.19 bits per heavy atom. The van der Waals surface area contributed by atoms with Crippen molar-refractivity contribution in [3.05, 3.63) is 76.8 Å². The minimum absolute atomic E-state index is 0.206. The molecule has 1 atom stereocenters. The average Bonchev–Trinajstić information content (AvgIpc) is 3.23. The predicted molar refractivity (Wildman–Crippen MR) is 118 cm³/mol. The molecule has 0 aliphatic rings. The van der Waals surface area contributed by atoms with Gasteiger partial charge in [-0.3, -0.25) is 9.78 Å². The first kappa shape index (κ1) is 20.7. The maximum absolute atomic E-state index is 13.5. The average molecular weight is 438 g/mol. The lowest BCUT2D eigenvalue weighted by Crippen LogP contribution is -2.27. The van der Waals surface area contributed by atoms with E-state index in [4.69, 9.17) is 0 Å². The van der Waals surface area contributed by atoms with Gasteiger partial charge in [0.1, 0.15) is 11.6 Å². The summed E-state index contributed by atoms with van der Waals surface area (Å²) in [5.41, 5.74) is 2.60. The summed E-state index contributed by atoms with van der Waals surface area (Å²) >= 11 is 1.40. The van der Waals surface area contributed by atoms with Gasteiger partial charge < -0.3 is 15.7 Å². The molecule has 4 aromatic rings. The summed E-state index contributed by atoms with van der Waals surface area (Å²) in [6.45, 7) is 2.27. The number of halogens is 1. The van der Waals surface area contributed by atoms with E-state index in [1.165, 1.54) is 17.4 Å². The molecule has 0 aliphatic carbocycles. The smallest absolute Gasteiger partial charge is 0.271 e. The SMILES string of the molecule is C[C@H](Nc1nc(C(=O)NCCc2ccc(O)cc2)c2sccc2n1)c1cncc(F)c1. The molecule has 0 unspecified atom stereocenters. The zero-order valence-electron chi connectivity index (χ0n) is 16.7. The van der Waals surface area contributed by atoms with Gasteiger partial charge in [-0.05, 0) is 54.1 Å². The molecule has 4 rings (SSSR count). The number of nitrogens with zero attached hydrogens (tertiary/aromatic N) is 3. The summed E-state index contributed by atoms with van der Waals surface area (Å²) in [4.78, 5) is 25.6. The molecular weight excluding hydrogens is 417 g/mol. The van der Waals surface area contributed by atoms with Gasteiger partial charge >= 0.3 is 0 Å². The van der Waals surface area contributed by atoms with Crippen molar-refractivity contribution in [2.45, 2.75) is 19.4 Å². The highest BCUT2D eigenvalue weighted by molar-refractivity contribution is 7.17. The molecule has 158 valence electrons. The summed E-state index contributed by atoms with van der Waals surface area (Å²) in [7, 11) is 0. The van der Waals surface area contributed by atoms with E-state index in [0.717, 1.165) is 11.8 Å². The van der Waals surface area contributed by atoms with Crippen LogP contribution in [0.2, 0.25) is 0 Å². The standard InChI is InChI=1S/C22H20FN5O2S/c1-13(15-10-16(23)12-24-11-15)26-22-27-18-7-9-31-20(18)19(28-22)21(30)25-8-6-14-2-4-17(29)5-3-14/h2-5,7,9-13,29H,6,8H2,1H3,(H,25,30)(H,26,27,28)/t13-/m0/s1. The van der Waals surface area contributed by atoms with E-state index in [9.17, 15) is 14.3 Å². The van der Waals surface area contributed by atoms with Gasteiger partial charge in [0.2, 0.25) is 5.95 Å². The van der Waals surface area contributed by atoms with Crippen molar-refractivity contribution in [1.29, 1.82) is 0 Å². The number of amides is 1. The number of hydrogen-bond acceptors (Lipinski definition) is 7. The number of benzene rings is 1. The molecule has 0 saturated heterocycles. The first-order valence-electron chi connectivity index (χ1n) is 9.68. The molecule has 0 radical (unpaired) electrons. The fourth-order valence-corrected chi connectivity index (χ4v) is 3.91. The maximum Gasteiger partial charge on any atom is 0.271 e. The number of anilines is 1. The third-order valence-electron chi connectivity index (χ3n) is 4.73. The van der Waals surface area contributed by atoms with Crippen molar-refractivity contribution in [1.82, 2.24) is 20.3 Å². The Morgan fingerprint density at radius 3 is 2.77 bits per heavy atom. The second-order valence-corrected chi connectivity index (χ2v) is 7.92. The second kappa shape index (κ2) is 9.05. The van der Waals surface area contributed by atoms with E-state index in [2.05, 4.69) is 25.6 Å². The summed E-state index contributed by atoms with van der Waals surface area (Å²) in [5.74, 6) is -0.228. The molecule has 3 aromatic heterocycles. The zero-order chi connectivity index (χ0) is 21.8. The Kier molecular flexibility index (Phi) is 6.03. The van der Waals surface area contributed by atoms with Crippen molar-refractivity contribution in [2.24, 2.45) is 0 Å². The van der Waals surface area contributed by atoms with Gasteiger partial charge in [-0.2, -0.15) is 0 Å². The fourth-order valence-electron chi connectivity index (χ4n) is 3.09. The minimum atomic E-state index is -0.422. The number of hydrogen-bond donors (Lipinski definition) is 3. The highest BCUT2D eigenvalue weighted by Gasteiger charge is 2.17. The van der Waals surface area contributed by atoms with Crippen LogP contribution in [0.5, 0.6) is 5.75 Å². The van der Waals surface area contributed by atoms with E-state index in [-0.39, 0.29) is 29.3 Å². The summed E-state index contributed by atoms with van der Waals surface area (Å²) in [6.07, 6.45) is 3.34. The van der Waals surface area contributed by atoms with Gasteiger partial charge in [-0.1, -0.05) is 12.1 Å². The van der Waals surface area contributed by atoms with Crippen LogP contribution in [0.4, 0.5) is 10.3 Å². The molecule has 0 spiro atoms. The molecular formula is C22H20FN5O2S. The lowest BCUT2D eigenvalue weighted by Gasteiger charge is -2.15. The monoisotopic (exact) mass is 437 g/mol. The molecule has 0 fully saturated rings. The Bertz CT molecular complexity index is 1210. The molecule has 3 heterocycles. The van der Waals surface area contributed by atoms with Crippen molar-refractivity contribution >= 4 is 33.4 Å². The molecule has 1 amide bonds. The lowest BCUT2D eigenvalue weighted by atomic mass is 10.1. The maximum atomic E-state index is 13.5. The number of aromatic nitrogens is 3. The molecule has 31 heavy (non-hydrogen) atoms. The summed E-state index contributed by atoms with van der Waals surface area (Å²) in [5, 5.41) is 17.2. The van der Waals surface area contributed by atoms with Crippen LogP contribution in [0, 0.1) is 5.82 Å². The van der Waals surface area contributed by atoms with Gasteiger partial charge in [-0.15, -0.1) is 11.3 Å². The Labute approximate surface area is 182 Å². The topological polar surface area (TPSA) is 100 Å². The molecule has 0 bridgehead atoms. The van der Waals surface area contributed by atoms with Crippen molar-refractivity contribution in [3.8, 4) is 5.75 Å². The molecule has 0 aliphatic heterocycles. The van der Waals surface area contributed by atoms with Crippen LogP contribution < -0.4 is 10.6 Å². The van der Waals surface area contributed by atoms with Crippen molar-refractivity contribution < 1.29 is 14.3 Å². The van der Waals surface area contributed by atoms with E-state index in [0.29, 0.717) is 28.7 Å². The van der Waals surface area contributed by atoms with Crippen LogP contribution in [0.1, 0.15) is 34.6 Å². The van der Waals surface area contributed by atoms with Crippen molar-refractivity contribution in [3.63, 3.8) is 0 Å². The number of fused-ring (bicyclic) bond motifs is 1. The number of thiophene rings is 1. The second-order valence-electron chi connectivity index (χ2n) is 7.01. The normalized spacial score (nSPS) is 11.9. The number of pyridine rings is 1. The number of phenols is 1. The van der Waals surface area contributed by atoms with E-state index >= 15 is 0 Å². The van der Waals surface area contributed by atoms with Crippen LogP contribution in [-0.2, 0) is 6.42 Å². The van der Waals surface area contributed by atoms with Crippen LogP contribution in [0.25, 0.3) is 10.2 Å². The number of aromatic hydroxyl groups is 1. The van der Waals surface area contributed by atoms with Crippen LogP contribution in [0.3, 0.4) is 0 Å². The first-order valence-corrected chi connectivity index (χ1v) is 10.6. The van der Waals surface area contributed by atoms with Gasteiger partial charge in [0.25, 0.3) is 5.91 Å². The summed E-state index contributed by atoms with van der Waals surface area (Å²) in [6, 6.07) is 9.78. The van der Waals surface area contributed by atoms with E-state index < -0.39 is 5.82 Å². The zero-order valence-corrected chi connectivity index (χ0v) is 17.5. The third kappa shape index (κ3) is 4.95. The largest absolute Gasteiger partial charge is 0.508 e. The first-order chi connectivity index (χ1) is 15.0. The molecule has 1 aromatic carbocycles. The number of nitrogens with one attached hydrogen (secondary N) is 2. The number of phenolic OH excluding ortho intramolecular Hbond substituents is 1. The minimum Gasteiger partial charge on any atom is -0.508 e. The van der Waals surface area contributed by atoms with Crippen LogP contribution >= 0.6 is 11.3 Å². The number of carbonyl (C=O) groups excluding carboxylic acids is 1. The van der Waals surface area contributed by atoms with Gasteiger partial charge in [0.05, 0.1) is 22.5 Å². The highest BCUT2D eigenvalue weighted by atomic mass is 32.1. The Hall–Kier alpha value is -3.59.